The molecule has 0 fully saturated rings. The van der Waals surface area contributed by atoms with Crippen molar-refractivity contribution in [2.75, 3.05) is 0 Å². The maximum Gasteiger partial charge on any atom is 0.120 e. The summed E-state index contributed by atoms with van der Waals surface area (Å²) in [6, 6.07) is 21.0. The van der Waals surface area contributed by atoms with E-state index in [0.717, 1.165) is 5.56 Å². The van der Waals surface area contributed by atoms with E-state index in [1.165, 1.54) is 18.2 Å². The van der Waals surface area contributed by atoms with Gasteiger partial charge >= 0.3 is 0 Å². The van der Waals surface area contributed by atoms with Crippen molar-refractivity contribution in [3.05, 3.63) is 78.4 Å². The normalized spacial score (nSPS) is 11.9. The fourth-order valence-electron chi connectivity index (χ4n) is 2.35. The number of benzene rings is 3. The lowest BCUT2D eigenvalue weighted by Crippen LogP contribution is -1.98. The van der Waals surface area contributed by atoms with E-state index in [-0.39, 0.29) is 10.6 Å². The van der Waals surface area contributed by atoms with Gasteiger partial charge in [0.2, 0.25) is 0 Å². The summed E-state index contributed by atoms with van der Waals surface area (Å²) in [6.07, 6.45) is 0. The third-order valence-electron chi connectivity index (χ3n) is 3.56. The van der Waals surface area contributed by atoms with E-state index in [4.69, 9.17) is 4.74 Å². The largest absolute Gasteiger partial charge is 0.768 e. The molecule has 0 radical (unpaired) electrons. The highest BCUT2D eigenvalue weighted by Gasteiger charge is 2.08. The minimum absolute atomic E-state index is 0.125. The van der Waals surface area contributed by atoms with Gasteiger partial charge in [0, 0.05) is 10.5 Å². The number of hydrogen-bond acceptors (Lipinski definition) is 4. The van der Waals surface area contributed by atoms with E-state index in [1.54, 1.807) is 24.3 Å². The molecule has 4 nitrogen and oxygen atoms in total. The molecule has 1 unspecified atom stereocenters. The van der Waals surface area contributed by atoms with Crippen molar-refractivity contribution in [2.45, 2.75) is 11.5 Å². The molecule has 0 spiro atoms. The van der Waals surface area contributed by atoms with Crippen molar-refractivity contribution in [3.63, 3.8) is 0 Å². The van der Waals surface area contributed by atoms with Crippen molar-refractivity contribution in [2.24, 2.45) is 0 Å². The Labute approximate surface area is 142 Å². The lowest BCUT2D eigenvalue weighted by molar-refractivity contribution is 0.306. The molecule has 122 valence electrons. The van der Waals surface area contributed by atoms with Crippen LogP contribution in [0.25, 0.3) is 11.1 Å². The summed E-state index contributed by atoms with van der Waals surface area (Å²) in [5.41, 5.74) is 2.26. The van der Waals surface area contributed by atoms with Gasteiger partial charge in [-0.2, -0.15) is 0 Å². The van der Waals surface area contributed by atoms with Gasteiger partial charge in [0.25, 0.3) is 0 Å². The molecule has 3 aromatic rings. The predicted octanol–water partition coefficient (Wildman–Crippen LogP) is 3.88. The molecule has 1 N–H and O–H groups in total. The van der Waals surface area contributed by atoms with E-state index in [2.05, 4.69) is 0 Å². The van der Waals surface area contributed by atoms with Gasteiger partial charge in [-0.1, -0.05) is 42.5 Å². The second-order valence-electron chi connectivity index (χ2n) is 5.21. The smallest absolute Gasteiger partial charge is 0.120 e. The van der Waals surface area contributed by atoms with Crippen LogP contribution in [0.4, 0.5) is 0 Å². The summed E-state index contributed by atoms with van der Waals surface area (Å²) < 4.78 is 28.7. The summed E-state index contributed by atoms with van der Waals surface area (Å²) in [7, 11) is 0. The van der Waals surface area contributed by atoms with Gasteiger partial charge in [0.05, 0.1) is 0 Å². The topological polar surface area (TPSA) is 69.6 Å². The van der Waals surface area contributed by atoms with Gasteiger partial charge in [-0.15, -0.1) is 0 Å². The standard InChI is InChI=1S/C19H16O4S/c20-16-8-6-15(7-9-16)18-12-17(10-11-19(18)24(21)22)23-13-14-4-2-1-3-5-14/h1-12,20H,13H2,(H,21,22)/p-1. The monoisotopic (exact) mass is 339 g/mol. The second kappa shape index (κ2) is 7.29. The molecule has 3 rings (SSSR count). The Hall–Kier alpha value is -2.63. The second-order valence-corrected chi connectivity index (χ2v) is 6.12. The number of phenolic OH excluding ortho intramolecular Hbond substituents is 1. The van der Waals surface area contributed by atoms with Crippen LogP contribution in [-0.4, -0.2) is 13.9 Å². The van der Waals surface area contributed by atoms with Crippen molar-refractivity contribution in [3.8, 4) is 22.6 Å². The highest BCUT2D eigenvalue weighted by atomic mass is 32.2. The summed E-state index contributed by atoms with van der Waals surface area (Å²) in [4.78, 5) is 0.188. The molecule has 0 amide bonds. The first-order valence-electron chi connectivity index (χ1n) is 7.33. The van der Waals surface area contributed by atoms with Gasteiger partial charge in [0.1, 0.15) is 18.1 Å². The minimum atomic E-state index is -2.36. The highest BCUT2D eigenvalue weighted by Crippen LogP contribution is 2.31. The molecule has 0 aromatic heterocycles. The Morgan fingerprint density at radius 3 is 2.33 bits per heavy atom. The number of hydrogen-bond donors (Lipinski definition) is 1. The van der Waals surface area contributed by atoms with Crippen molar-refractivity contribution in [1.82, 2.24) is 0 Å². The van der Waals surface area contributed by atoms with Crippen LogP contribution in [0.15, 0.2) is 77.7 Å². The van der Waals surface area contributed by atoms with Gasteiger partial charge in [-0.3, -0.25) is 4.21 Å². The van der Waals surface area contributed by atoms with Crippen LogP contribution < -0.4 is 4.74 Å². The number of phenols is 1. The summed E-state index contributed by atoms with van der Waals surface area (Å²) in [6.45, 7) is 0.398. The molecule has 0 saturated carbocycles. The molecular weight excluding hydrogens is 324 g/mol. The van der Waals surface area contributed by atoms with E-state index in [9.17, 15) is 13.9 Å². The molecule has 0 bridgehead atoms. The molecule has 0 aliphatic heterocycles. The molecule has 0 aliphatic carbocycles. The first-order valence-corrected chi connectivity index (χ1v) is 8.40. The molecular formula is C19H15O4S-. The third kappa shape index (κ3) is 3.82. The average Bonchev–Trinajstić information content (AvgIpc) is 2.61. The van der Waals surface area contributed by atoms with Crippen LogP contribution in [0.3, 0.4) is 0 Å². The zero-order valence-electron chi connectivity index (χ0n) is 12.7. The Morgan fingerprint density at radius 1 is 0.958 bits per heavy atom. The zero-order valence-corrected chi connectivity index (χ0v) is 13.5. The summed E-state index contributed by atoms with van der Waals surface area (Å²) >= 11 is -2.36. The molecule has 0 aliphatic rings. The highest BCUT2D eigenvalue weighted by molar-refractivity contribution is 7.79. The Balaban J connectivity index is 1.91. The molecule has 3 aromatic carbocycles. The predicted molar refractivity (Wildman–Crippen MR) is 91.5 cm³/mol. The van der Waals surface area contributed by atoms with E-state index in [0.29, 0.717) is 23.5 Å². The summed E-state index contributed by atoms with van der Waals surface area (Å²) in [5, 5.41) is 9.40. The van der Waals surface area contributed by atoms with Crippen LogP contribution >= 0.6 is 0 Å². The Morgan fingerprint density at radius 2 is 1.67 bits per heavy atom. The van der Waals surface area contributed by atoms with Gasteiger partial charge in [0.15, 0.2) is 0 Å². The quantitative estimate of drug-likeness (QED) is 0.716. The SMILES string of the molecule is O=S([O-])c1ccc(OCc2ccccc2)cc1-c1ccc(O)cc1. The third-order valence-corrected chi connectivity index (χ3v) is 4.27. The van der Waals surface area contributed by atoms with Crippen LogP contribution in [0.2, 0.25) is 0 Å². The van der Waals surface area contributed by atoms with Gasteiger partial charge in [-0.05, 0) is 52.5 Å². The molecule has 24 heavy (non-hydrogen) atoms. The molecule has 0 heterocycles. The lowest BCUT2D eigenvalue weighted by Gasteiger charge is -2.15. The zero-order chi connectivity index (χ0) is 16.9. The average molecular weight is 339 g/mol. The maximum atomic E-state index is 11.5. The molecule has 0 saturated heterocycles. The molecule has 1 atom stereocenters. The lowest BCUT2D eigenvalue weighted by atomic mass is 10.1. The first-order chi connectivity index (χ1) is 11.6. The summed E-state index contributed by atoms with van der Waals surface area (Å²) in [5.74, 6) is 0.705. The van der Waals surface area contributed by atoms with Crippen molar-refractivity contribution in [1.29, 1.82) is 0 Å². The van der Waals surface area contributed by atoms with E-state index >= 15 is 0 Å². The van der Waals surface area contributed by atoms with Crippen LogP contribution in [0.1, 0.15) is 5.56 Å². The first kappa shape index (κ1) is 16.2. The van der Waals surface area contributed by atoms with E-state index in [1.807, 2.05) is 30.3 Å². The minimum Gasteiger partial charge on any atom is -0.768 e. The molecule has 5 heteroatoms. The van der Waals surface area contributed by atoms with E-state index < -0.39 is 11.1 Å². The van der Waals surface area contributed by atoms with Gasteiger partial charge < -0.3 is 14.4 Å². The van der Waals surface area contributed by atoms with Crippen LogP contribution in [0.5, 0.6) is 11.5 Å². The van der Waals surface area contributed by atoms with Crippen LogP contribution in [0, 0.1) is 0 Å². The number of aromatic hydroxyl groups is 1. The fourth-order valence-corrected chi connectivity index (χ4v) is 2.89. The number of ether oxygens (including phenoxy) is 1. The number of rotatable bonds is 5. The maximum absolute atomic E-state index is 11.5. The van der Waals surface area contributed by atoms with Gasteiger partial charge in [-0.25, -0.2) is 0 Å². The Bertz CT molecular complexity index is 845. The fraction of sp³-hybridized carbons (Fsp3) is 0.0526. The Kier molecular flexibility index (Phi) is 4.93. The van der Waals surface area contributed by atoms with Crippen LogP contribution in [-0.2, 0) is 17.7 Å². The van der Waals surface area contributed by atoms with Crippen molar-refractivity contribution < 1.29 is 18.6 Å². The van der Waals surface area contributed by atoms with Crippen molar-refractivity contribution >= 4 is 11.1 Å².